The molecule has 0 heterocycles. The third-order valence-electron chi connectivity index (χ3n) is 1.98. The van der Waals surface area contributed by atoms with Crippen molar-refractivity contribution >= 4 is 22.0 Å². The SMILES string of the molecule is CC(C)(C)OC(=O)NCc1c(Br)ccc(F)c1O. The van der Waals surface area contributed by atoms with Gasteiger partial charge in [0.1, 0.15) is 5.60 Å². The first-order chi connectivity index (χ1) is 8.20. The van der Waals surface area contributed by atoms with Crippen molar-refractivity contribution < 1.29 is 19.0 Å². The van der Waals surface area contributed by atoms with E-state index >= 15 is 0 Å². The fraction of sp³-hybridized carbons (Fsp3) is 0.417. The highest BCUT2D eigenvalue weighted by atomic mass is 79.9. The molecule has 0 radical (unpaired) electrons. The summed E-state index contributed by atoms with van der Waals surface area (Å²) in [6.07, 6.45) is -0.627. The quantitative estimate of drug-likeness (QED) is 0.879. The molecule has 1 rings (SSSR count). The Morgan fingerprint density at radius 3 is 2.67 bits per heavy atom. The number of phenols is 1. The fourth-order valence-electron chi connectivity index (χ4n) is 1.23. The molecule has 1 aromatic carbocycles. The van der Waals surface area contributed by atoms with Gasteiger partial charge >= 0.3 is 6.09 Å². The second kappa shape index (κ2) is 5.56. The van der Waals surface area contributed by atoms with E-state index in [2.05, 4.69) is 21.2 Å². The number of benzene rings is 1. The molecule has 0 bridgehead atoms. The molecule has 0 atom stereocenters. The second-order valence-corrected chi connectivity index (χ2v) is 5.57. The van der Waals surface area contributed by atoms with Gasteiger partial charge in [-0.15, -0.1) is 0 Å². The van der Waals surface area contributed by atoms with Gasteiger partial charge in [-0.05, 0) is 32.9 Å². The first kappa shape index (κ1) is 14.8. The van der Waals surface area contributed by atoms with Crippen LogP contribution in [0.3, 0.4) is 0 Å². The summed E-state index contributed by atoms with van der Waals surface area (Å²) >= 11 is 3.17. The number of ether oxygens (including phenoxy) is 1. The number of amides is 1. The third kappa shape index (κ3) is 4.18. The Bertz CT molecular complexity index is 457. The normalized spacial score (nSPS) is 11.2. The van der Waals surface area contributed by atoms with E-state index < -0.39 is 23.3 Å². The van der Waals surface area contributed by atoms with E-state index in [1.165, 1.54) is 6.07 Å². The molecule has 1 amide bonds. The summed E-state index contributed by atoms with van der Waals surface area (Å²) in [5, 5.41) is 12.0. The van der Waals surface area contributed by atoms with Gasteiger partial charge in [-0.25, -0.2) is 9.18 Å². The van der Waals surface area contributed by atoms with E-state index in [0.717, 1.165) is 6.07 Å². The van der Waals surface area contributed by atoms with Crippen molar-refractivity contribution in [2.75, 3.05) is 0 Å². The van der Waals surface area contributed by atoms with Crippen LogP contribution in [0.25, 0.3) is 0 Å². The van der Waals surface area contributed by atoms with E-state index in [-0.39, 0.29) is 12.1 Å². The van der Waals surface area contributed by atoms with Gasteiger partial charge in [0.15, 0.2) is 11.6 Å². The molecule has 0 saturated carbocycles. The van der Waals surface area contributed by atoms with Crippen LogP contribution >= 0.6 is 15.9 Å². The zero-order chi connectivity index (χ0) is 13.9. The number of halogens is 2. The Morgan fingerprint density at radius 2 is 2.11 bits per heavy atom. The van der Waals surface area contributed by atoms with Crippen LogP contribution in [0.15, 0.2) is 16.6 Å². The lowest BCUT2D eigenvalue weighted by Crippen LogP contribution is -2.32. The van der Waals surface area contributed by atoms with Crippen molar-refractivity contribution in [1.29, 1.82) is 0 Å². The summed E-state index contributed by atoms with van der Waals surface area (Å²) in [6, 6.07) is 2.59. The highest BCUT2D eigenvalue weighted by Crippen LogP contribution is 2.28. The maximum atomic E-state index is 13.1. The molecule has 1 aromatic rings. The van der Waals surface area contributed by atoms with Crippen molar-refractivity contribution in [3.05, 3.63) is 28.0 Å². The van der Waals surface area contributed by atoms with Crippen LogP contribution in [-0.2, 0) is 11.3 Å². The molecule has 18 heavy (non-hydrogen) atoms. The highest BCUT2D eigenvalue weighted by Gasteiger charge is 2.17. The minimum Gasteiger partial charge on any atom is -0.505 e. The molecule has 6 heteroatoms. The Balaban J connectivity index is 2.70. The summed E-state index contributed by atoms with van der Waals surface area (Å²) in [7, 11) is 0. The summed E-state index contributed by atoms with van der Waals surface area (Å²) in [5.74, 6) is -1.22. The van der Waals surface area contributed by atoms with Gasteiger partial charge in [0.2, 0.25) is 0 Å². The lowest BCUT2D eigenvalue weighted by atomic mass is 10.2. The molecular weight excluding hydrogens is 305 g/mol. The Hall–Kier alpha value is -1.30. The molecule has 4 nitrogen and oxygen atoms in total. The monoisotopic (exact) mass is 319 g/mol. The molecule has 2 N–H and O–H groups in total. The van der Waals surface area contributed by atoms with E-state index in [4.69, 9.17) is 4.74 Å². The number of phenolic OH excluding ortho intramolecular Hbond substituents is 1. The number of hydrogen-bond donors (Lipinski definition) is 2. The number of aromatic hydroxyl groups is 1. The van der Waals surface area contributed by atoms with Gasteiger partial charge in [0, 0.05) is 10.0 Å². The first-order valence-electron chi connectivity index (χ1n) is 5.33. The van der Waals surface area contributed by atoms with Crippen LogP contribution in [-0.4, -0.2) is 16.8 Å². The van der Waals surface area contributed by atoms with Gasteiger partial charge in [-0.3, -0.25) is 0 Å². The molecule has 100 valence electrons. The number of carbonyl (C=O) groups is 1. The number of carbonyl (C=O) groups excluding carboxylic acids is 1. The lowest BCUT2D eigenvalue weighted by Gasteiger charge is -2.20. The van der Waals surface area contributed by atoms with Crippen LogP contribution in [0.2, 0.25) is 0 Å². The van der Waals surface area contributed by atoms with E-state index in [1.54, 1.807) is 20.8 Å². The number of nitrogens with one attached hydrogen (secondary N) is 1. The standard InChI is InChI=1S/C12H15BrFNO3/c1-12(2,3)18-11(17)15-6-7-8(13)4-5-9(14)10(7)16/h4-5,16H,6H2,1-3H3,(H,15,17). The Morgan fingerprint density at radius 1 is 1.50 bits per heavy atom. The highest BCUT2D eigenvalue weighted by molar-refractivity contribution is 9.10. The summed E-state index contributed by atoms with van der Waals surface area (Å²) in [4.78, 5) is 11.4. The van der Waals surface area contributed by atoms with Crippen molar-refractivity contribution in [1.82, 2.24) is 5.32 Å². The maximum absolute atomic E-state index is 13.1. The average Bonchev–Trinajstić information content (AvgIpc) is 2.21. The van der Waals surface area contributed by atoms with Crippen LogP contribution in [0.1, 0.15) is 26.3 Å². The lowest BCUT2D eigenvalue weighted by molar-refractivity contribution is 0.0523. The molecule has 0 aromatic heterocycles. The van der Waals surface area contributed by atoms with Crippen molar-refractivity contribution in [3.63, 3.8) is 0 Å². The molecule has 0 aliphatic carbocycles. The molecule has 0 aliphatic heterocycles. The van der Waals surface area contributed by atoms with Crippen LogP contribution in [0.4, 0.5) is 9.18 Å². The van der Waals surface area contributed by atoms with Crippen molar-refractivity contribution in [2.45, 2.75) is 32.9 Å². The maximum Gasteiger partial charge on any atom is 0.407 e. The van der Waals surface area contributed by atoms with E-state index in [9.17, 15) is 14.3 Å². The zero-order valence-corrected chi connectivity index (χ0v) is 12.0. The fourth-order valence-corrected chi connectivity index (χ4v) is 1.69. The van der Waals surface area contributed by atoms with E-state index in [0.29, 0.717) is 4.47 Å². The van der Waals surface area contributed by atoms with Crippen LogP contribution < -0.4 is 5.32 Å². The molecule has 0 saturated heterocycles. The number of rotatable bonds is 2. The summed E-state index contributed by atoms with van der Waals surface area (Å²) in [5.41, 5.74) is -0.341. The number of alkyl carbamates (subject to hydrolysis) is 1. The van der Waals surface area contributed by atoms with Crippen molar-refractivity contribution in [3.8, 4) is 5.75 Å². The molecule has 0 unspecified atom stereocenters. The molecule has 0 spiro atoms. The smallest absolute Gasteiger partial charge is 0.407 e. The van der Waals surface area contributed by atoms with E-state index in [1.807, 2.05) is 0 Å². The zero-order valence-electron chi connectivity index (χ0n) is 10.4. The minimum atomic E-state index is -0.737. The van der Waals surface area contributed by atoms with Gasteiger partial charge in [-0.1, -0.05) is 15.9 Å². The predicted octanol–water partition coefficient (Wildman–Crippen LogP) is 3.32. The minimum absolute atomic E-state index is 0.0287. The van der Waals surface area contributed by atoms with Crippen LogP contribution in [0, 0.1) is 5.82 Å². The van der Waals surface area contributed by atoms with Gasteiger partial charge in [-0.2, -0.15) is 0 Å². The first-order valence-corrected chi connectivity index (χ1v) is 6.12. The summed E-state index contributed by atoms with van der Waals surface area (Å²) < 4.78 is 18.7. The predicted molar refractivity (Wildman–Crippen MR) is 68.8 cm³/mol. The molecule has 0 fully saturated rings. The molecule has 0 aliphatic rings. The van der Waals surface area contributed by atoms with Gasteiger partial charge in [0.05, 0.1) is 6.54 Å². The topological polar surface area (TPSA) is 58.6 Å². The Kier molecular flexibility index (Phi) is 4.56. The van der Waals surface area contributed by atoms with Gasteiger partial charge < -0.3 is 15.2 Å². The summed E-state index contributed by atoms with van der Waals surface area (Å²) in [6.45, 7) is 5.19. The Labute approximate surface area is 113 Å². The van der Waals surface area contributed by atoms with Crippen molar-refractivity contribution in [2.24, 2.45) is 0 Å². The van der Waals surface area contributed by atoms with Crippen LogP contribution in [0.5, 0.6) is 5.75 Å². The number of hydrogen-bond acceptors (Lipinski definition) is 3. The largest absolute Gasteiger partial charge is 0.505 e. The average molecular weight is 320 g/mol. The second-order valence-electron chi connectivity index (χ2n) is 4.71. The molecular formula is C12H15BrFNO3. The van der Waals surface area contributed by atoms with Gasteiger partial charge in [0.25, 0.3) is 0 Å². The third-order valence-corrected chi connectivity index (χ3v) is 2.73.